The van der Waals surface area contributed by atoms with Gasteiger partial charge in [0.1, 0.15) is 0 Å². The van der Waals surface area contributed by atoms with Crippen molar-refractivity contribution in [3.8, 4) is 44.5 Å². The summed E-state index contributed by atoms with van der Waals surface area (Å²) in [4.78, 5) is 2.48. The molecule has 0 N–H and O–H groups in total. The van der Waals surface area contributed by atoms with Crippen molar-refractivity contribution < 1.29 is 0 Å². The molecule has 0 bridgehead atoms. The highest BCUT2D eigenvalue weighted by atomic mass is 32.1. The maximum atomic E-state index is 2.48. The van der Waals surface area contributed by atoms with E-state index in [-0.39, 0.29) is 5.41 Å². The molecule has 1 nitrogen and oxygen atoms in total. The summed E-state index contributed by atoms with van der Waals surface area (Å²) < 4.78 is 2.62. The predicted octanol–water partition coefficient (Wildman–Crippen LogP) is 16.0. The Balaban J connectivity index is 1.06. The van der Waals surface area contributed by atoms with Gasteiger partial charge in [-0.25, -0.2) is 0 Å². The number of anilines is 3. The van der Waals surface area contributed by atoms with Crippen LogP contribution in [0.3, 0.4) is 0 Å². The second-order valence-electron chi connectivity index (χ2n) is 15.8. The van der Waals surface area contributed by atoms with Gasteiger partial charge in [0.2, 0.25) is 0 Å². The maximum absolute atomic E-state index is 2.48. The molecule has 270 valence electrons. The zero-order valence-electron chi connectivity index (χ0n) is 31.9. The van der Waals surface area contributed by atoms with Crippen molar-refractivity contribution in [3.05, 3.63) is 211 Å². The van der Waals surface area contributed by atoms with E-state index in [0.29, 0.717) is 0 Å². The van der Waals surface area contributed by atoms with Gasteiger partial charge in [0.05, 0.1) is 5.69 Å². The molecule has 0 saturated carbocycles. The Hall–Kier alpha value is -6.74. The molecular weight excluding hydrogens is 707 g/mol. The molecule has 0 unspecified atom stereocenters. The van der Waals surface area contributed by atoms with E-state index in [9.17, 15) is 0 Å². The van der Waals surface area contributed by atoms with Crippen LogP contribution in [0.5, 0.6) is 0 Å². The second kappa shape index (κ2) is 13.2. The van der Waals surface area contributed by atoms with Crippen LogP contribution < -0.4 is 4.90 Å². The summed E-state index contributed by atoms with van der Waals surface area (Å²) in [5.74, 6) is 0. The molecule has 0 amide bonds. The molecule has 0 saturated heterocycles. The van der Waals surface area contributed by atoms with Crippen molar-refractivity contribution in [3.63, 3.8) is 0 Å². The molecule has 57 heavy (non-hydrogen) atoms. The first-order chi connectivity index (χ1) is 28.0. The van der Waals surface area contributed by atoms with E-state index in [1.165, 1.54) is 86.6 Å². The molecule has 1 aliphatic rings. The topological polar surface area (TPSA) is 3.24 Å². The van der Waals surface area contributed by atoms with Crippen LogP contribution in [0.4, 0.5) is 17.1 Å². The van der Waals surface area contributed by atoms with Gasteiger partial charge in [-0.2, -0.15) is 0 Å². The summed E-state index contributed by atoms with van der Waals surface area (Å²) >= 11 is 1.86. The van der Waals surface area contributed by atoms with E-state index < -0.39 is 0 Å². The predicted molar refractivity (Wildman–Crippen MR) is 245 cm³/mol. The third-order valence-corrected chi connectivity index (χ3v) is 13.2. The molecule has 11 rings (SSSR count). The molecule has 9 aromatic carbocycles. The highest BCUT2D eigenvalue weighted by Crippen LogP contribution is 2.52. The normalized spacial score (nSPS) is 12.9. The Bertz CT molecular complexity index is 3150. The summed E-state index contributed by atoms with van der Waals surface area (Å²) in [6, 6.07) is 74.0. The van der Waals surface area contributed by atoms with E-state index in [2.05, 4.69) is 219 Å². The number of benzene rings is 9. The minimum Gasteiger partial charge on any atom is -0.310 e. The fourth-order valence-corrected chi connectivity index (χ4v) is 10.2. The molecule has 10 aromatic rings. The fourth-order valence-electron chi connectivity index (χ4n) is 9.08. The number of nitrogens with zero attached hydrogens (tertiary/aromatic N) is 1. The van der Waals surface area contributed by atoms with Crippen LogP contribution in [0.25, 0.3) is 75.5 Å². The molecule has 1 aliphatic carbocycles. The Morgan fingerprint density at radius 3 is 1.81 bits per heavy atom. The van der Waals surface area contributed by atoms with Crippen LogP contribution in [-0.4, -0.2) is 0 Å². The first-order valence-corrected chi connectivity index (χ1v) is 20.6. The highest BCUT2D eigenvalue weighted by Gasteiger charge is 2.36. The van der Waals surface area contributed by atoms with Crippen LogP contribution in [0.15, 0.2) is 200 Å². The van der Waals surface area contributed by atoms with Crippen molar-refractivity contribution >= 4 is 59.3 Å². The number of hydrogen-bond donors (Lipinski definition) is 0. The first-order valence-electron chi connectivity index (χ1n) is 19.7. The summed E-state index contributed by atoms with van der Waals surface area (Å²) in [6.45, 7) is 4.78. The third-order valence-electron chi connectivity index (χ3n) is 12.1. The van der Waals surface area contributed by atoms with Gasteiger partial charge >= 0.3 is 0 Å². The molecule has 2 heteroatoms. The average Bonchev–Trinajstić information content (AvgIpc) is 3.75. The molecule has 0 aliphatic heterocycles. The SMILES string of the molecule is CC1(C)c2cc(-c3ccc4ccccc4c3)ccc2-c2ccc(N(c3ccc4sc5ccccc5c4c3)c3ccccc3-c3ccc(-c4ccccc4)cc3)cc21. The standard InChI is InChI=1S/C55H39NS/c1-55(2)50-33-42(41-25-22-37-14-6-7-15-40(37)32-41)26-29-46(50)47-30-27-44(35-51(47)55)56(43-28-31-54-49(34-43)48-17-9-11-19-53(48)57-54)52-18-10-8-16-45(52)39-23-20-38(21-24-39)36-12-4-3-5-13-36/h3-35H,1-2H3. The Kier molecular flexibility index (Phi) is 7.77. The van der Waals surface area contributed by atoms with Crippen LogP contribution in [0.2, 0.25) is 0 Å². The summed E-state index contributed by atoms with van der Waals surface area (Å²) in [6.07, 6.45) is 0. The van der Waals surface area contributed by atoms with Gasteiger partial charge in [-0.3, -0.25) is 0 Å². The Labute approximate surface area is 337 Å². The van der Waals surface area contributed by atoms with Crippen LogP contribution in [-0.2, 0) is 5.41 Å². The van der Waals surface area contributed by atoms with E-state index >= 15 is 0 Å². The van der Waals surface area contributed by atoms with Crippen molar-refractivity contribution in [2.24, 2.45) is 0 Å². The fraction of sp³-hybridized carbons (Fsp3) is 0.0545. The van der Waals surface area contributed by atoms with E-state index in [0.717, 1.165) is 17.1 Å². The van der Waals surface area contributed by atoms with Crippen molar-refractivity contribution in [2.75, 3.05) is 4.90 Å². The van der Waals surface area contributed by atoms with Crippen molar-refractivity contribution in [1.82, 2.24) is 0 Å². The van der Waals surface area contributed by atoms with Gasteiger partial charge in [-0.05, 0) is 115 Å². The second-order valence-corrected chi connectivity index (χ2v) is 16.8. The number of fused-ring (bicyclic) bond motifs is 7. The lowest BCUT2D eigenvalue weighted by Gasteiger charge is -2.30. The van der Waals surface area contributed by atoms with Gasteiger partial charge in [0, 0.05) is 42.5 Å². The van der Waals surface area contributed by atoms with Gasteiger partial charge < -0.3 is 4.90 Å². The van der Waals surface area contributed by atoms with Crippen molar-refractivity contribution in [1.29, 1.82) is 0 Å². The number of rotatable bonds is 6. The summed E-state index contributed by atoms with van der Waals surface area (Å²) in [7, 11) is 0. The zero-order valence-corrected chi connectivity index (χ0v) is 32.7. The first kappa shape index (κ1) is 33.6. The monoisotopic (exact) mass is 745 g/mol. The molecule has 0 atom stereocenters. The molecule has 1 heterocycles. The number of thiophene rings is 1. The minimum absolute atomic E-state index is 0.195. The Morgan fingerprint density at radius 2 is 0.947 bits per heavy atom. The zero-order chi connectivity index (χ0) is 38.1. The van der Waals surface area contributed by atoms with Crippen molar-refractivity contribution in [2.45, 2.75) is 19.3 Å². The smallest absolute Gasteiger partial charge is 0.0540 e. The molecule has 0 fully saturated rings. The van der Waals surface area contributed by atoms with E-state index in [4.69, 9.17) is 0 Å². The minimum atomic E-state index is -0.195. The quantitative estimate of drug-likeness (QED) is 0.164. The van der Waals surface area contributed by atoms with E-state index in [1.807, 2.05) is 11.3 Å². The lowest BCUT2D eigenvalue weighted by Crippen LogP contribution is -2.17. The highest BCUT2D eigenvalue weighted by molar-refractivity contribution is 7.25. The van der Waals surface area contributed by atoms with Gasteiger partial charge in [0.25, 0.3) is 0 Å². The Morgan fingerprint density at radius 1 is 0.368 bits per heavy atom. The summed E-state index contributed by atoms with van der Waals surface area (Å²) in [5.41, 5.74) is 15.9. The number of para-hydroxylation sites is 1. The average molecular weight is 746 g/mol. The molecular formula is C55H39NS. The van der Waals surface area contributed by atoms with Gasteiger partial charge in [0.15, 0.2) is 0 Å². The lowest BCUT2D eigenvalue weighted by atomic mass is 9.81. The van der Waals surface area contributed by atoms with E-state index in [1.54, 1.807) is 0 Å². The third kappa shape index (κ3) is 5.59. The lowest BCUT2D eigenvalue weighted by molar-refractivity contribution is 0.660. The van der Waals surface area contributed by atoms with Gasteiger partial charge in [-0.15, -0.1) is 11.3 Å². The summed E-state index contributed by atoms with van der Waals surface area (Å²) in [5, 5.41) is 5.13. The van der Waals surface area contributed by atoms with Crippen LogP contribution in [0.1, 0.15) is 25.0 Å². The van der Waals surface area contributed by atoms with Gasteiger partial charge in [-0.1, -0.05) is 159 Å². The van der Waals surface area contributed by atoms with Crippen LogP contribution in [0, 0.1) is 0 Å². The maximum Gasteiger partial charge on any atom is 0.0540 e. The molecule has 0 radical (unpaired) electrons. The molecule has 0 spiro atoms. The molecule has 1 aromatic heterocycles. The number of hydrogen-bond acceptors (Lipinski definition) is 2. The van der Waals surface area contributed by atoms with Crippen LogP contribution >= 0.6 is 11.3 Å². The largest absolute Gasteiger partial charge is 0.310 e.